The molecule has 2 aromatic rings. The van der Waals surface area contributed by atoms with Crippen LogP contribution in [-0.4, -0.2) is 52.3 Å². The van der Waals surface area contributed by atoms with Gasteiger partial charge < -0.3 is 21.3 Å². The number of anilines is 3. The number of carbonyl (C=O) groups is 1. The Labute approximate surface area is 155 Å². The number of aromatic nitrogens is 4. The second kappa shape index (κ2) is 6.77. The lowest BCUT2D eigenvalue weighted by Gasteiger charge is -2.54. The normalized spacial score (nSPS) is 17.3. The number of hydrogen-bond acceptors (Lipinski definition) is 9. The summed E-state index contributed by atoms with van der Waals surface area (Å²) in [5, 5.41) is 29.2. The van der Waals surface area contributed by atoms with Crippen LogP contribution < -0.4 is 21.3 Å². The van der Waals surface area contributed by atoms with E-state index in [0.717, 1.165) is 25.9 Å². The Bertz CT molecular complexity index is 894. The van der Waals surface area contributed by atoms with Crippen molar-refractivity contribution in [3.8, 4) is 6.07 Å². The molecule has 1 amide bonds. The van der Waals surface area contributed by atoms with Crippen LogP contribution in [0.1, 0.15) is 29.0 Å². The second-order valence-corrected chi connectivity index (χ2v) is 6.95. The predicted octanol–water partition coefficient (Wildman–Crippen LogP) is 0.405. The first kappa shape index (κ1) is 17.1. The average molecular weight is 365 g/mol. The van der Waals surface area contributed by atoms with Gasteiger partial charge in [0.2, 0.25) is 0 Å². The topological polar surface area (TPSA) is 141 Å². The van der Waals surface area contributed by atoms with E-state index in [1.54, 1.807) is 13.1 Å². The van der Waals surface area contributed by atoms with E-state index in [9.17, 15) is 4.79 Å². The standard InChI is InChI=1S/C17H19N9O/c1-19-16(27)15-12(23-10-3-17(4-10)8-20-9-17)2-13(25-26-15)24-14-7-21-11(5-18)6-22-14/h2,6-7,10,20H,3-4,8-9H2,1H3,(H,19,27)(H2,22,23,24,25). The van der Waals surface area contributed by atoms with Crippen molar-refractivity contribution in [3.05, 3.63) is 29.8 Å². The van der Waals surface area contributed by atoms with Crippen molar-refractivity contribution in [1.82, 2.24) is 30.8 Å². The molecule has 1 aliphatic heterocycles. The molecule has 4 rings (SSSR count). The molecule has 0 unspecified atom stereocenters. The number of nitriles is 1. The van der Waals surface area contributed by atoms with Crippen molar-refractivity contribution in [1.29, 1.82) is 5.26 Å². The molecular weight excluding hydrogens is 346 g/mol. The second-order valence-electron chi connectivity index (χ2n) is 6.95. The van der Waals surface area contributed by atoms with Crippen LogP contribution >= 0.6 is 0 Å². The highest BCUT2D eigenvalue weighted by molar-refractivity contribution is 5.97. The zero-order valence-corrected chi connectivity index (χ0v) is 14.8. The maximum atomic E-state index is 12.1. The highest BCUT2D eigenvalue weighted by Crippen LogP contribution is 2.45. The molecular formula is C17H19N9O. The lowest BCUT2D eigenvalue weighted by atomic mass is 9.61. The summed E-state index contributed by atoms with van der Waals surface area (Å²) in [4.78, 5) is 20.2. The smallest absolute Gasteiger partial charge is 0.273 e. The molecule has 2 aromatic heterocycles. The largest absolute Gasteiger partial charge is 0.380 e. The molecule has 138 valence electrons. The minimum absolute atomic E-state index is 0.230. The number of nitrogens with zero attached hydrogens (tertiary/aromatic N) is 5. The summed E-state index contributed by atoms with van der Waals surface area (Å²) in [5.74, 6) is 0.572. The van der Waals surface area contributed by atoms with Gasteiger partial charge in [0.1, 0.15) is 11.9 Å². The summed E-state index contributed by atoms with van der Waals surface area (Å²) in [6, 6.07) is 3.96. The molecule has 0 bridgehead atoms. The van der Waals surface area contributed by atoms with E-state index in [2.05, 4.69) is 41.4 Å². The maximum Gasteiger partial charge on any atom is 0.273 e. The molecule has 3 heterocycles. The molecule has 1 aliphatic carbocycles. The van der Waals surface area contributed by atoms with Crippen molar-refractivity contribution >= 4 is 23.2 Å². The van der Waals surface area contributed by atoms with E-state index in [1.165, 1.54) is 12.4 Å². The fourth-order valence-corrected chi connectivity index (χ4v) is 3.51. The zero-order valence-electron chi connectivity index (χ0n) is 14.8. The van der Waals surface area contributed by atoms with Gasteiger partial charge in [0, 0.05) is 32.2 Å². The van der Waals surface area contributed by atoms with Crippen LogP contribution in [0.3, 0.4) is 0 Å². The first-order valence-electron chi connectivity index (χ1n) is 8.67. The first-order valence-corrected chi connectivity index (χ1v) is 8.67. The minimum Gasteiger partial charge on any atom is -0.380 e. The molecule has 1 saturated heterocycles. The van der Waals surface area contributed by atoms with Gasteiger partial charge in [-0.2, -0.15) is 5.26 Å². The molecule has 10 heteroatoms. The van der Waals surface area contributed by atoms with Gasteiger partial charge >= 0.3 is 0 Å². The van der Waals surface area contributed by atoms with Gasteiger partial charge in [-0.1, -0.05) is 0 Å². The number of rotatable bonds is 5. The van der Waals surface area contributed by atoms with Crippen molar-refractivity contribution in [2.24, 2.45) is 5.41 Å². The highest BCUT2D eigenvalue weighted by atomic mass is 16.1. The van der Waals surface area contributed by atoms with Gasteiger partial charge in [0.25, 0.3) is 5.91 Å². The molecule has 2 fully saturated rings. The number of nitrogens with one attached hydrogen (secondary N) is 4. The minimum atomic E-state index is -0.297. The van der Waals surface area contributed by atoms with Gasteiger partial charge in [-0.15, -0.1) is 10.2 Å². The predicted molar refractivity (Wildman–Crippen MR) is 97.4 cm³/mol. The van der Waals surface area contributed by atoms with Gasteiger partial charge in [-0.05, 0) is 18.3 Å². The summed E-state index contributed by atoms with van der Waals surface area (Å²) in [6.45, 7) is 2.12. The van der Waals surface area contributed by atoms with E-state index in [0.29, 0.717) is 28.8 Å². The van der Waals surface area contributed by atoms with Gasteiger partial charge in [-0.25, -0.2) is 9.97 Å². The Hall–Kier alpha value is -3.32. The van der Waals surface area contributed by atoms with E-state index >= 15 is 0 Å². The Kier molecular flexibility index (Phi) is 4.29. The third-order valence-electron chi connectivity index (χ3n) is 4.98. The molecule has 10 nitrogen and oxygen atoms in total. The van der Waals surface area contributed by atoms with Crippen molar-refractivity contribution in [3.63, 3.8) is 0 Å². The quantitative estimate of drug-likeness (QED) is 0.592. The molecule has 0 radical (unpaired) electrons. The Morgan fingerprint density at radius 3 is 2.67 bits per heavy atom. The van der Waals surface area contributed by atoms with Crippen LogP contribution in [0.25, 0.3) is 0 Å². The summed E-state index contributed by atoms with van der Waals surface area (Å²) in [7, 11) is 1.56. The number of hydrogen-bond donors (Lipinski definition) is 4. The molecule has 2 aliphatic rings. The number of amides is 1. The van der Waals surface area contributed by atoms with Gasteiger partial charge in [-0.3, -0.25) is 4.79 Å². The number of carbonyl (C=O) groups excluding carboxylic acids is 1. The fraction of sp³-hybridized carbons (Fsp3) is 0.412. The monoisotopic (exact) mass is 365 g/mol. The van der Waals surface area contributed by atoms with Crippen LogP contribution in [0, 0.1) is 16.7 Å². The Morgan fingerprint density at radius 1 is 1.26 bits per heavy atom. The molecule has 27 heavy (non-hydrogen) atoms. The van der Waals surface area contributed by atoms with E-state index in [1.807, 2.05) is 6.07 Å². The summed E-state index contributed by atoms with van der Waals surface area (Å²) in [6.07, 6.45) is 4.95. The van der Waals surface area contributed by atoms with Crippen molar-refractivity contribution in [2.45, 2.75) is 18.9 Å². The Morgan fingerprint density at radius 2 is 2.07 bits per heavy atom. The fourth-order valence-electron chi connectivity index (χ4n) is 3.51. The van der Waals surface area contributed by atoms with Crippen LogP contribution in [0.15, 0.2) is 18.5 Å². The first-order chi connectivity index (χ1) is 13.1. The van der Waals surface area contributed by atoms with Gasteiger partial charge in [0.15, 0.2) is 17.2 Å². The van der Waals surface area contributed by atoms with Gasteiger partial charge in [0.05, 0.1) is 18.1 Å². The van der Waals surface area contributed by atoms with Crippen LogP contribution in [0.2, 0.25) is 0 Å². The third-order valence-corrected chi connectivity index (χ3v) is 4.98. The van der Waals surface area contributed by atoms with Crippen LogP contribution in [0.4, 0.5) is 17.3 Å². The van der Waals surface area contributed by atoms with Crippen molar-refractivity contribution in [2.75, 3.05) is 30.8 Å². The molecule has 4 N–H and O–H groups in total. The van der Waals surface area contributed by atoms with E-state index in [-0.39, 0.29) is 17.3 Å². The molecule has 1 saturated carbocycles. The van der Waals surface area contributed by atoms with E-state index in [4.69, 9.17) is 5.26 Å². The maximum absolute atomic E-state index is 12.1. The third kappa shape index (κ3) is 3.37. The molecule has 0 aromatic carbocycles. The highest BCUT2D eigenvalue weighted by Gasteiger charge is 2.48. The summed E-state index contributed by atoms with van der Waals surface area (Å²) >= 11 is 0. The summed E-state index contributed by atoms with van der Waals surface area (Å²) < 4.78 is 0. The average Bonchev–Trinajstić information content (AvgIpc) is 2.63. The Balaban J connectivity index is 1.52. The molecule has 0 atom stereocenters. The zero-order chi connectivity index (χ0) is 18.9. The SMILES string of the molecule is CNC(=O)c1nnc(Nc2cnc(C#N)cn2)cc1NC1CC2(CNC2)C1. The lowest BCUT2D eigenvalue weighted by molar-refractivity contribution is 0.0470. The van der Waals surface area contributed by atoms with Crippen molar-refractivity contribution < 1.29 is 4.79 Å². The lowest BCUT2D eigenvalue weighted by Crippen LogP contribution is -2.63. The summed E-state index contributed by atoms with van der Waals surface area (Å²) in [5.41, 5.74) is 1.53. The molecule has 1 spiro atoms. The van der Waals surface area contributed by atoms with E-state index < -0.39 is 0 Å². The van der Waals surface area contributed by atoms with Crippen LogP contribution in [0.5, 0.6) is 0 Å². The van der Waals surface area contributed by atoms with Crippen LogP contribution in [-0.2, 0) is 0 Å².